The van der Waals surface area contributed by atoms with Crippen LogP contribution in [-0.2, 0) is 4.79 Å². The Labute approximate surface area is 265 Å². The number of aromatic nitrogens is 5. The number of piperidine rings is 1. The van der Waals surface area contributed by atoms with Crippen LogP contribution in [0.4, 0.5) is 15.9 Å². The molecule has 5 aromatic rings. The van der Waals surface area contributed by atoms with Gasteiger partial charge in [-0.1, -0.05) is 6.58 Å². The Morgan fingerprint density at radius 2 is 1.89 bits per heavy atom. The summed E-state index contributed by atoms with van der Waals surface area (Å²) in [6.07, 6.45) is 7.40. The molecular formula is C32H31ClFN7O4. The van der Waals surface area contributed by atoms with E-state index in [1.54, 1.807) is 59.4 Å². The number of nitrogens with one attached hydrogen (secondary N) is 1. The number of halogens is 2. The average Bonchev–Trinajstić information content (AvgIpc) is 3.51. The summed E-state index contributed by atoms with van der Waals surface area (Å²) in [6, 6.07) is 13.5. The predicted molar refractivity (Wildman–Crippen MR) is 170 cm³/mol. The second-order valence-corrected chi connectivity index (χ2v) is 10.2. The minimum atomic E-state index is -0.540. The minimum Gasteiger partial charge on any atom is -0.493 e. The maximum Gasteiger partial charge on any atom is 0.245 e. The number of methoxy groups -OCH3 is 1. The highest BCUT2D eigenvalue weighted by atomic mass is 35.5. The Morgan fingerprint density at radius 3 is 2.60 bits per heavy atom. The number of aryl methyl sites for hydroxylation is 1. The van der Waals surface area contributed by atoms with E-state index >= 15 is 4.39 Å². The van der Waals surface area contributed by atoms with Gasteiger partial charge in [-0.3, -0.25) is 9.78 Å². The molecule has 1 amide bonds. The van der Waals surface area contributed by atoms with E-state index in [0.717, 1.165) is 11.4 Å². The van der Waals surface area contributed by atoms with Crippen molar-refractivity contribution in [2.45, 2.75) is 25.9 Å². The Kier molecular flexibility index (Phi) is 9.43. The lowest BCUT2D eigenvalue weighted by Crippen LogP contribution is -2.41. The van der Waals surface area contributed by atoms with E-state index in [0.29, 0.717) is 60.0 Å². The van der Waals surface area contributed by atoms with Gasteiger partial charge in [-0.25, -0.2) is 19.0 Å². The van der Waals surface area contributed by atoms with E-state index < -0.39 is 5.82 Å². The topological polar surface area (TPSA) is 117 Å². The molecule has 1 aliphatic heterocycles. The van der Waals surface area contributed by atoms with Crippen molar-refractivity contribution in [3.05, 3.63) is 91.4 Å². The first-order valence-corrected chi connectivity index (χ1v) is 14.0. The number of ether oxygens (including phenoxy) is 3. The minimum absolute atomic E-state index is 0. The molecule has 232 valence electrons. The summed E-state index contributed by atoms with van der Waals surface area (Å²) >= 11 is 0. The summed E-state index contributed by atoms with van der Waals surface area (Å²) in [5, 5.41) is 8.09. The van der Waals surface area contributed by atoms with Crippen LogP contribution in [0, 0.1) is 12.7 Å². The number of likely N-dealkylation sites (tertiary alicyclic amines) is 1. The first-order chi connectivity index (χ1) is 21.4. The summed E-state index contributed by atoms with van der Waals surface area (Å²) in [7, 11) is 1.56. The Balaban J connectivity index is 0.00000400. The molecule has 1 saturated heterocycles. The van der Waals surface area contributed by atoms with E-state index in [1.807, 2.05) is 19.1 Å². The van der Waals surface area contributed by atoms with E-state index in [1.165, 1.54) is 18.5 Å². The molecule has 13 heteroatoms. The molecule has 1 aliphatic rings. The number of nitrogens with zero attached hydrogens (tertiary/aromatic N) is 6. The van der Waals surface area contributed by atoms with Crippen molar-refractivity contribution in [1.29, 1.82) is 0 Å². The molecule has 2 aromatic carbocycles. The number of anilines is 2. The van der Waals surface area contributed by atoms with Crippen LogP contribution in [0.3, 0.4) is 0 Å². The van der Waals surface area contributed by atoms with Gasteiger partial charge < -0.3 is 24.4 Å². The molecule has 0 spiro atoms. The first kappa shape index (κ1) is 31.2. The third-order valence-electron chi connectivity index (χ3n) is 7.28. The molecule has 1 fully saturated rings. The molecule has 45 heavy (non-hydrogen) atoms. The molecule has 1 N–H and O–H groups in total. The molecule has 4 heterocycles. The van der Waals surface area contributed by atoms with Crippen molar-refractivity contribution in [2.24, 2.45) is 0 Å². The molecule has 0 radical (unpaired) electrons. The lowest BCUT2D eigenvalue weighted by atomic mass is 10.1. The van der Waals surface area contributed by atoms with Gasteiger partial charge in [0.2, 0.25) is 11.8 Å². The number of hydrogen-bond donors (Lipinski definition) is 1. The number of pyridine rings is 1. The molecular weight excluding hydrogens is 601 g/mol. The van der Waals surface area contributed by atoms with Gasteiger partial charge in [0.1, 0.15) is 29.8 Å². The summed E-state index contributed by atoms with van der Waals surface area (Å²) in [5.74, 6) is 1.39. The van der Waals surface area contributed by atoms with Gasteiger partial charge in [-0.15, -0.1) is 17.5 Å². The van der Waals surface area contributed by atoms with Crippen molar-refractivity contribution in [3.63, 3.8) is 0 Å². The third kappa shape index (κ3) is 6.96. The normalized spacial score (nSPS) is 13.2. The number of carbonyl (C=O) groups excluding carboxylic acids is 1. The van der Waals surface area contributed by atoms with Gasteiger partial charge in [0.05, 0.1) is 30.2 Å². The van der Waals surface area contributed by atoms with Crippen LogP contribution in [0.2, 0.25) is 0 Å². The number of benzene rings is 2. The highest BCUT2D eigenvalue weighted by Crippen LogP contribution is 2.37. The smallest absolute Gasteiger partial charge is 0.245 e. The van der Waals surface area contributed by atoms with Gasteiger partial charge in [0, 0.05) is 61.4 Å². The highest BCUT2D eigenvalue weighted by Gasteiger charge is 2.24. The van der Waals surface area contributed by atoms with Gasteiger partial charge >= 0.3 is 0 Å². The molecule has 11 nitrogen and oxygen atoms in total. The third-order valence-corrected chi connectivity index (χ3v) is 7.28. The zero-order valence-electron chi connectivity index (χ0n) is 24.6. The average molecular weight is 632 g/mol. The van der Waals surface area contributed by atoms with Crippen molar-refractivity contribution < 1.29 is 23.4 Å². The second kappa shape index (κ2) is 13.6. The van der Waals surface area contributed by atoms with Crippen LogP contribution >= 0.6 is 12.4 Å². The lowest BCUT2D eigenvalue weighted by molar-refractivity contribution is -0.127. The Bertz CT molecular complexity index is 1820. The van der Waals surface area contributed by atoms with Gasteiger partial charge in [0.25, 0.3) is 0 Å². The van der Waals surface area contributed by atoms with Crippen molar-refractivity contribution in [3.8, 4) is 28.8 Å². The summed E-state index contributed by atoms with van der Waals surface area (Å²) in [4.78, 5) is 26.7. The molecule has 0 unspecified atom stereocenters. The molecule has 0 bridgehead atoms. The quantitative estimate of drug-likeness (QED) is 0.190. The van der Waals surface area contributed by atoms with Crippen molar-refractivity contribution in [1.82, 2.24) is 29.6 Å². The van der Waals surface area contributed by atoms with Crippen LogP contribution in [0.15, 0.2) is 79.9 Å². The Morgan fingerprint density at radius 1 is 1.07 bits per heavy atom. The van der Waals surface area contributed by atoms with E-state index in [-0.39, 0.29) is 35.9 Å². The SMILES string of the molecule is C=CC(=O)N1CCC(Oc2cc3c(Nc4ccc(Oc5ccn(-c6ccc(C)nc6)n5)cc4F)ncnc3cc2OC)CC1.Cl. The molecule has 0 saturated carbocycles. The van der Waals surface area contributed by atoms with E-state index in [2.05, 4.69) is 31.9 Å². The molecule has 6 rings (SSSR count). The van der Waals surface area contributed by atoms with Crippen LogP contribution in [0.25, 0.3) is 16.6 Å². The maximum absolute atomic E-state index is 15.3. The van der Waals surface area contributed by atoms with Crippen LogP contribution in [0.1, 0.15) is 18.5 Å². The van der Waals surface area contributed by atoms with Crippen LogP contribution in [-0.4, -0.2) is 61.8 Å². The van der Waals surface area contributed by atoms with Crippen LogP contribution < -0.4 is 19.5 Å². The zero-order valence-corrected chi connectivity index (χ0v) is 25.5. The van der Waals surface area contributed by atoms with E-state index in [4.69, 9.17) is 14.2 Å². The van der Waals surface area contributed by atoms with Crippen molar-refractivity contribution >= 4 is 40.7 Å². The standard InChI is InChI=1S/C32H30FN7O4.ClH/c1-4-31(41)39-12-9-22(10-13-39)43-29-16-24-27(17-28(29)42-3)35-19-36-32(24)37-26-8-7-23(15-25(26)33)44-30-11-14-40(38-30)21-6-5-20(2)34-18-21;/h4-8,11,14-19,22H,1,9-10,12-13H2,2-3H3,(H,35,36,37);1H. The highest BCUT2D eigenvalue weighted by molar-refractivity contribution is 5.93. The number of fused-ring (bicyclic) bond motifs is 1. The summed E-state index contributed by atoms with van der Waals surface area (Å²) in [6.45, 7) is 6.62. The van der Waals surface area contributed by atoms with Gasteiger partial charge in [-0.2, -0.15) is 0 Å². The Hall–Kier alpha value is -5.23. The largest absolute Gasteiger partial charge is 0.493 e. The van der Waals surface area contributed by atoms with E-state index in [9.17, 15) is 4.79 Å². The number of hydrogen-bond acceptors (Lipinski definition) is 9. The maximum atomic E-state index is 15.3. The monoisotopic (exact) mass is 631 g/mol. The number of carbonyl (C=O) groups is 1. The lowest BCUT2D eigenvalue weighted by Gasteiger charge is -2.31. The molecule has 0 atom stereocenters. The number of rotatable bonds is 9. The summed E-state index contributed by atoms with van der Waals surface area (Å²) in [5.41, 5.74) is 2.48. The van der Waals surface area contributed by atoms with Crippen LogP contribution in [0.5, 0.6) is 23.1 Å². The zero-order chi connectivity index (χ0) is 30.6. The fourth-order valence-corrected chi connectivity index (χ4v) is 4.93. The van der Waals surface area contributed by atoms with Gasteiger partial charge in [0.15, 0.2) is 11.5 Å². The predicted octanol–water partition coefficient (Wildman–Crippen LogP) is 6.18. The second-order valence-electron chi connectivity index (χ2n) is 10.2. The summed E-state index contributed by atoms with van der Waals surface area (Å²) < 4.78 is 34.6. The fourth-order valence-electron chi connectivity index (χ4n) is 4.93. The fraction of sp³-hybridized carbons (Fsp3) is 0.219. The molecule has 0 aliphatic carbocycles. The molecule has 3 aromatic heterocycles. The van der Waals surface area contributed by atoms with Crippen molar-refractivity contribution in [2.75, 3.05) is 25.5 Å². The number of amides is 1. The van der Waals surface area contributed by atoms with Gasteiger partial charge in [-0.05, 0) is 43.3 Å². The first-order valence-electron chi connectivity index (χ1n) is 14.0.